The van der Waals surface area contributed by atoms with Crippen LogP contribution in [0.3, 0.4) is 0 Å². The van der Waals surface area contributed by atoms with E-state index in [1.807, 2.05) is 31.2 Å². The Hall–Kier alpha value is -2.67. The van der Waals surface area contributed by atoms with Gasteiger partial charge in [0.1, 0.15) is 5.75 Å². The van der Waals surface area contributed by atoms with E-state index in [0.29, 0.717) is 6.42 Å². The summed E-state index contributed by atoms with van der Waals surface area (Å²) in [4.78, 5) is 26.6. The molecule has 0 radical (unpaired) electrons. The fourth-order valence-corrected chi connectivity index (χ4v) is 5.04. The number of anilines is 2. The van der Waals surface area contributed by atoms with Crippen molar-refractivity contribution in [3.8, 4) is 0 Å². The lowest BCUT2D eigenvalue weighted by Crippen LogP contribution is -2.39. The van der Waals surface area contributed by atoms with Gasteiger partial charge in [-0.25, -0.2) is 8.42 Å². The molecule has 1 heterocycles. The molecule has 1 aliphatic carbocycles. The first-order chi connectivity index (χ1) is 13.4. The molecule has 1 atom stereocenters. The zero-order valence-electron chi connectivity index (χ0n) is 15.6. The number of nitrogens with one attached hydrogen (secondary N) is 1. The third-order valence-electron chi connectivity index (χ3n) is 5.22. The van der Waals surface area contributed by atoms with E-state index in [4.69, 9.17) is 0 Å². The molecule has 0 aromatic heterocycles. The summed E-state index contributed by atoms with van der Waals surface area (Å²) in [5.74, 6) is -1.31. The molecule has 2 aliphatic rings. The van der Waals surface area contributed by atoms with Gasteiger partial charge in [0.05, 0.1) is 10.6 Å². The quantitative estimate of drug-likeness (QED) is 0.839. The standard InChI is InChI=1S/C21H22N2O4S/c1-14-12-16-6-2-4-8-18(16)23(14)20(24)13-28(26,27)19-9-5-3-7-17(19)22-21(25)15-10-11-15/h2-9,14-15H,10-13H2,1H3,(H,22,25). The molecule has 1 N–H and O–H groups in total. The van der Waals surface area contributed by atoms with Crippen molar-refractivity contribution in [1.82, 2.24) is 0 Å². The number of hydrogen-bond donors (Lipinski definition) is 1. The van der Waals surface area contributed by atoms with Crippen LogP contribution in [0.25, 0.3) is 0 Å². The van der Waals surface area contributed by atoms with Crippen molar-refractivity contribution in [3.63, 3.8) is 0 Å². The lowest BCUT2D eigenvalue weighted by molar-refractivity contribution is -0.117. The van der Waals surface area contributed by atoms with Crippen molar-refractivity contribution in [2.75, 3.05) is 16.0 Å². The summed E-state index contributed by atoms with van der Waals surface area (Å²) in [6.07, 6.45) is 2.35. The second-order valence-corrected chi connectivity index (χ2v) is 9.42. The first-order valence-electron chi connectivity index (χ1n) is 9.39. The number of carbonyl (C=O) groups excluding carboxylic acids is 2. The first-order valence-corrected chi connectivity index (χ1v) is 11.0. The normalized spacial score (nSPS) is 18.6. The summed E-state index contributed by atoms with van der Waals surface area (Å²) in [5.41, 5.74) is 2.05. The zero-order valence-corrected chi connectivity index (χ0v) is 16.4. The molecule has 1 unspecified atom stereocenters. The highest BCUT2D eigenvalue weighted by atomic mass is 32.2. The molecule has 1 aliphatic heterocycles. The monoisotopic (exact) mass is 398 g/mol. The van der Waals surface area contributed by atoms with Crippen LogP contribution in [0.2, 0.25) is 0 Å². The molecule has 6 nitrogen and oxygen atoms in total. The summed E-state index contributed by atoms with van der Waals surface area (Å²) in [7, 11) is -3.91. The molecule has 1 saturated carbocycles. The summed E-state index contributed by atoms with van der Waals surface area (Å²) >= 11 is 0. The molecule has 2 aromatic carbocycles. The van der Waals surface area contributed by atoms with Crippen molar-refractivity contribution >= 4 is 33.0 Å². The predicted octanol–water partition coefficient (Wildman–Crippen LogP) is 2.79. The Kier molecular flexibility index (Phi) is 4.71. The average Bonchev–Trinajstić information content (AvgIpc) is 3.43. The van der Waals surface area contributed by atoms with Gasteiger partial charge >= 0.3 is 0 Å². The van der Waals surface area contributed by atoms with E-state index < -0.39 is 21.5 Å². The van der Waals surface area contributed by atoms with Crippen LogP contribution in [-0.4, -0.2) is 32.0 Å². The minimum Gasteiger partial charge on any atom is -0.325 e. The number of nitrogens with zero attached hydrogens (tertiary/aromatic N) is 1. The second kappa shape index (κ2) is 7.05. The molecule has 4 rings (SSSR count). The van der Waals surface area contributed by atoms with Gasteiger partial charge < -0.3 is 10.2 Å². The highest BCUT2D eigenvalue weighted by molar-refractivity contribution is 7.92. The van der Waals surface area contributed by atoms with Gasteiger partial charge in [-0.05, 0) is 49.9 Å². The van der Waals surface area contributed by atoms with Crippen LogP contribution >= 0.6 is 0 Å². The van der Waals surface area contributed by atoms with Gasteiger partial charge in [0, 0.05) is 17.6 Å². The largest absolute Gasteiger partial charge is 0.325 e. The van der Waals surface area contributed by atoms with E-state index in [1.165, 1.54) is 6.07 Å². The summed E-state index contributed by atoms with van der Waals surface area (Å²) in [6, 6.07) is 13.7. The summed E-state index contributed by atoms with van der Waals surface area (Å²) < 4.78 is 26.0. The first kappa shape index (κ1) is 18.7. The molecule has 0 saturated heterocycles. The minimum atomic E-state index is -3.91. The number of fused-ring (bicyclic) bond motifs is 1. The SMILES string of the molecule is CC1Cc2ccccc2N1C(=O)CS(=O)(=O)c1ccccc1NC(=O)C1CC1. The number of rotatable bonds is 5. The molecule has 0 spiro atoms. The summed E-state index contributed by atoms with van der Waals surface area (Å²) in [6.45, 7) is 1.91. The van der Waals surface area contributed by atoms with Crippen LogP contribution in [0.5, 0.6) is 0 Å². The third-order valence-corrected chi connectivity index (χ3v) is 6.87. The minimum absolute atomic E-state index is 0.0162. The van der Waals surface area contributed by atoms with E-state index in [1.54, 1.807) is 23.1 Å². The molecule has 0 bridgehead atoms. The molecule has 146 valence electrons. The molecule has 2 aromatic rings. The third kappa shape index (κ3) is 3.54. The maximum absolute atomic E-state index is 13.0. The molecule has 2 amide bonds. The Morgan fingerprint density at radius 1 is 1.07 bits per heavy atom. The maximum Gasteiger partial charge on any atom is 0.242 e. The lowest BCUT2D eigenvalue weighted by atomic mass is 10.1. The van der Waals surface area contributed by atoms with Crippen LogP contribution in [-0.2, 0) is 25.8 Å². The van der Waals surface area contributed by atoms with Gasteiger partial charge in [-0.3, -0.25) is 9.59 Å². The van der Waals surface area contributed by atoms with Gasteiger partial charge in [-0.15, -0.1) is 0 Å². The Morgan fingerprint density at radius 2 is 1.75 bits per heavy atom. The van der Waals surface area contributed by atoms with Crippen molar-refractivity contribution in [1.29, 1.82) is 0 Å². The number of benzene rings is 2. The smallest absolute Gasteiger partial charge is 0.242 e. The molecule has 7 heteroatoms. The molecular formula is C21H22N2O4S. The van der Waals surface area contributed by atoms with Gasteiger partial charge in [0.2, 0.25) is 11.8 Å². The Labute approximate surface area is 164 Å². The van der Waals surface area contributed by atoms with Crippen LogP contribution < -0.4 is 10.2 Å². The van der Waals surface area contributed by atoms with Crippen LogP contribution in [0, 0.1) is 5.92 Å². The van der Waals surface area contributed by atoms with Crippen molar-refractivity contribution in [2.24, 2.45) is 5.92 Å². The van der Waals surface area contributed by atoms with Crippen LogP contribution in [0.4, 0.5) is 11.4 Å². The molecular weight excluding hydrogens is 376 g/mol. The van der Waals surface area contributed by atoms with Gasteiger partial charge in [0.15, 0.2) is 9.84 Å². The predicted molar refractivity (Wildman–Crippen MR) is 107 cm³/mol. The number of carbonyl (C=O) groups is 2. The maximum atomic E-state index is 13.0. The van der Waals surface area contributed by atoms with E-state index in [0.717, 1.165) is 24.1 Å². The number of hydrogen-bond acceptors (Lipinski definition) is 4. The fourth-order valence-electron chi connectivity index (χ4n) is 3.68. The van der Waals surface area contributed by atoms with Gasteiger partial charge in [-0.1, -0.05) is 30.3 Å². The summed E-state index contributed by atoms with van der Waals surface area (Å²) in [5, 5.41) is 2.70. The Morgan fingerprint density at radius 3 is 2.50 bits per heavy atom. The van der Waals surface area contributed by atoms with Gasteiger partial charge in [-0.2, -0.15) is 0 Å². The van der Waals surface area contributed by atoms with E-state index in [-0.39, 0.29) is 28.4 Å². The highest BCUT2D eigenvalue weighted by Crippen LogP contribution is 2.34. The average molecular weight is 398 g/mol. The van der Waals surface area contributed by atoms with Crippen molar-refractivity contribution in [3.05, 3.63) is 54.1 Å². The van der Waals surface area contributed by atoms with E-state index in [2.05, 4.69) is 5.32 Å². The highest BCUT2D eigenvalue weighted by Gasteiger charge is 2.35. The van der Waals surface area contributed by atoms with Gasteiger partial charge in [0.25, 0.3) is 0 Å². The van der Waals surface area contributed by atoms with E-state index in [9.17, 15) is 18.0 Å². The van der Waals surface area contributed by atoms with Crippen molar-refractivity contribution < 1.29 is 18.0 Å². The number of para-hydroxylation sites is 2. The lowest BCUT2D eigenvalue weighted by Gasteiger charge is -2.23. The second-order valence-electron chi connectivity index (χ2n) is 7.46. The number of amides is 2. The van der Waals surface area contributed by atoms with Crippen LogP contribution in [0.15, 0.2) is 53.4 Å². The van der Waals surface area contributed by atoms with Crippen LogP contribution in [0.1, 0.15) is 25.3 Å². The Bertz CT molecular complexity index is 1040. The molecule has 1 fully saturated rings. The topological polar surface area (TPSA) is 83.6 Å². The zero-order chi connectivity index (χ0) is 19.9. The number of sulfone groups is 1. The van der Waals surface area contributed by atoms with Crippen molar-refractivity contribution in [2.45, 2.75) is 37.1 Å². The Balaban J connectivity index is 1.58. The fraction of sp³-hybridized carbons (Fsp3) is 0.333. The van der Waals surface area contributed by atoms with E-state index >= 15 is 0 Å². The molecule has 28 heavy (non-hydrogen) atoms.